The van der Waals surface area contributed by atoms with E-state index in [2.05, 4.69) is 6.92 Å². The highest BCUT2D eigenvalue weighted by Gasteiger charge is 2.25. The van der Waals surface area contributed by atoms with Crippen LogP contribution in [0.2, 0.25) is 0 Å². The maximum Gasteiger partial charge on any atom is 0.320 e. The molecule has 0 aliphatic heterocycles. The van der Waals surface area contributed by atoms with Crippen molar-refractivity contribution < 1.29 is 9.90 Å². The highest BCUT2D eigenvalue weighted by atomic mass is 16.4. The molecule has 2 unspecified atom stereocenters. The zero-order valence-electron chi connectivity index (χ0n) is 8.20. The van der Waals surface area contributed by atoms with Gasteiger partial charge in [0, 0.05) is 0 Å². The molecule has 1 rings (SSSR count). The summed E-state index contributed by atoms with van der Waals surface area (Å²) in [6.07, 6.45) is 5.57. The molecule has 0 aromatic rings. The Balaban J connectivity index is 2.37. The molecule has 13 heavy (non-hydrogen) atoms. The summed E-state index contributed by atoms with van der Waals surface area (Å²) in [7, 11) is 0. The molecule has 0 heterocycles. The molecule has 3 atom stereocenters. The van der Waals surface area contributed by atoms with Crippen molar-refractivity contribution in [1.29, 1.82) is 0 Å². The van der Waals surface area contributed by atoms with Crippen LogP contribution >= 0.6 is 0 Å². The SMILES string of the molecule is CC1CCCCC1C[C@H](N)C(=O)O. The van der Waals surface area contributed by atoms with E-state index in [0.717, 1.165) is 6.42 Å². The monoisotopic (exact) mass is 185 g/mol. The van der Waals surface area contributed by atoms with E-state index in [4.69, 9.17) is 10.8 Å². The van der Waals surface area contributed by atoms with E-state index in [0.29, 0.717) is 18.3 Å². The fraction of sp³-hybridized carbons (Fsp3) is 0.900. The Kier molecular flexibility index (Phi) is 3.72. The van der Waals surface area contributed by atoms with Crippen molar-refractivity contribution in [1.82, 2.24) is 0 Å². The Bertz CT molecular complexity index is 182. The third-order valence-corrected chi connectivity index (χ3v) is 3.16. The Labute approximate surface area is 79.3 Å². The van der Waals surface area contributed by atoms with Crippen LogP contribution in [0, 0.1) is 11.8 Å². The third kappa shape index (κ3) is 2.99. The minimum absolute atomic E-state index is 0.528. The lowest BCUT2D eigenvalue weighted by Crippen LogP contribution is -2.34. The van der Waals surface area contributed by atoms with E-state index in [1.165, 1.54) is 19.3 Å². The van der Waals surface area contributed by atoms with Gasteiger partial charge in [-0.05, 0) is 18.3 Å². The van der Waals surface area contributed by atoms with Crippen LogP contribution < -0.4 is 5.73 Å². The van der Waals surface area contributed by atoms with Gasteiger partial charge >= 0.3 is 5.97 Å². The second kappa shape index (κ2) is 4.61. The van der Waals surface area contributed by atoms with E-state index < -0.39 is 12.0 Å². The second-order valence-electron chi connectivity index (χ2n) is 4.20. The minimum atomic E-state index is -0.863. The van der Waals surface area contributed by atoms with Gasteiger partial charge in [-0.15, -0.1) is 0 Å². The van der Waals surface area contributed by atoms with Crippen LogP contribution in [0.25, 0.3) is 0 Å². The molecule has 0 saturated heterocycles. The van der Waals surface area contributed by atoms with Crippen molar-refractivity contribution in [2.75, 3.05) is 0 Å². The first-order chi connectivity index (χ1) is 6.11. The van der Waals surface area contributed by atoms with Crippen molar-refractivity contribution in [2.24, 2.45) is 17.6 Å². The molecule has 0 bridgehead atoms. The van der Waals surface area contributed by atoms with Crippen molar-refractivity contribution in [3.63, 3.8) is 0 Å². The number of hydrogen-bond donors (Lipinski definition) is 2. The molecule has 3 heteroatoms. The number of carboxylic acids is 1. The van der Waals surface area contributed by atoms with Gasteiger partial charge in [-0.2, -0.15) is 0 Å². The molecule has 0 spiro atoms. The molecular weight excluding hydrogens is 166 g/mol. The van der Waals surface area contributed by atoms with E-state index in [1.807, 2.05) is 0 Å². The lowest BCUT2D eigenvalue weighted by atomic mass is 9.77. The summed E-state index contributed by atoms with van der Waals surface area (Å²) in [5, 5.41) is 8.67. The van der Waals surface area contributed by atoms with Crippen molar-refractivity contribution >= 4 is 5.97 Å². The predicted molar refractivity (Wildman–Crippen MR) is 51.4 cm³/mol. The standard InChI is InChI=1S/C10H19NO2/c1-7-4-2-3-5-8(7)6-9(11)10(12)13/h7-9H,2-6,11H2,1H3,(H,12,13)/t7?,8?,9-/m0/s1. The van der Waals surface area contributed by atoms with Crippen LogP contribution in [0.1, 0.15) is 39.0 Å². The highest BCUT2D eigenvalue weighted by Crippen LogP contribution is 2.32. The van der Waals surface area contributed by atoms with Gasteiger partial charge < -0.3 is 10.8 Å². The lowest BCUT2D eigenvalue weighted by molar-refractivity contribution is -0.139. The van der Waals surface area contributed by atoms with Gasteiger partial charge in [-0.25, -0.2) is 0 Å². The molecule has 0 aromatic carbocycles. The van der Waals surface area contributed by atoms with Crippen LogP contribution in [0.4, 0.5) is 0 Å². The van der Waals surface area contributed by atoms with Gasteiger partial charge in [-0.3, -0.25) is 4.79 Å². The number of aliphatic carboxylic acids is 1. The van der Waals surface area contributed by atoms with Gasteiger partial charge in [0.05, 0.1) is 0 Å². The topological polar surface area (TPSA) is 63.3 Å². The molecule has 0 radical (unpaired) electrons. The maximum atomic E-state index is 10.6. The zero-order valence-corrected chi connectivity index (χ0v) is 8.20. The van der Waals surface area contributed by atoms with Gasteiger partial charge in [-0.1, -0.05) is 32.6 Å². The second-order valence-corrected chi connectivity index (χ2v) is 4.20. The molecule has 1 saturated carbocycles. The summed E-state index contributed by atoms with van der Waals surface area (Å²) in [6, 6.07) is -0.662. The summed E-state index contributed by atoms with van der Waals surface area (Å²) in [6.45, 7) is 2.21. The Morgan fingerprint density at radius 2 is 2.15 bits per heavy atom. The molecule has 76 valence electrons. The maximum absolute atomic E-state index is 10.6. The summed E-state index contributed by atoms with van der Waals surface area (Å²) in [5.41, 5.74) is 5.51. The number of rotatable bonds is 3. The minimum Gasteiger partial charge on any atom is -0.480 e. The van der Waals surface area contributed by atoms with Gasteiger partial charge in [0.25, 0.3) is 0 Å². The fourth-order valence-electron chi connectivity index (χ4n) is 2.17. The smallest absolute Gasteiger partial charge is 0.320 e. The number of nitrogens with two attached hydrogens (primary N) is 1. The van der Waals surface area contributed by atoms with Gasteiger partial charge in [0.2, 0.25) is 0 Å². The van der Waals surface area contributed by atoms with Gasteiger partial charge in [0.15, 0.2) is 0 Å². The summed E-state index contributed by atoms with van der Waals surface area (Å²) >= 11 is 0. The number of carbonyl (C=O) groups is 1. The molecular formula is C10H19NO2. The van der Waals surface area contributed by atoms with Gasteiger partial charge in [0.1, 0.15) is 6.04 Å². The first-order valence-corrected chi connectivity index (χ1v) is 5.09. The summed E-state index contributed by atoms with van der Waals surface area (Å²) in [5.74, 6) is 0.316. The van der Waals surface area contributed by atoms with Crippen molar-refractivity contribution in [3.05, 3.63) is 0 Å². The Morgan fingerprint density at radius 1 is 1.54 bits per heavy atom. The Morgan fingerprint density at radius 3 is 2.69 bits per heavy atom. The van der Waals surface area contributed by atoms with Crippen LogP contribution in [0.15, 0.2) is 0 Å². The average molecular weight is 185 g/mol. The summed E-state index contributed by atoms with van der Waals surface area (Å²) < 4.78 is 0. The molecule has 1 aliphatic rings. The largest absolute Gasteiger partial charge is 0.480 e. The zero-order chi connectivity index (χ0) is 9.84. The summed E-state index contributed by atoms with van der Waals surface area (Å²) in [4.78, 5) is 10.6. The van der Waals surface area contributed by atoms with Crippen LogP contribution in [0.3, 0.4) is 0 Å². The van der Waals surface area contributed by atoms with E-state index >= 15 is 0 Å². The van der Waals surface area contributed by atoms with E-state index in [1.54, 1.807) is 0 Å². The normalized spacial score (nSPS) is 31.2. The molecule has 1 aliphatic carbocycles. The first kappa shape index (κ1) is 10.5. The lowest BCUT2D eigenvalue weighted by Gasteiger charge is -2.29. The molecule has 3 nitrogen and oxygen atoms in total. The molecule has 0 aromatic heterocycles. The fourth-order valence-corrected chi connectivity index (χ4v) is 2.17. The Hall–Kier alpha value is -0.570. The number of hydrogen-bond acceptors (Lipinski definition) is 2. The van der Waals surface area contributed by atoms with E-state index in [-0.39, 0.29) is 0 Å². The molecule has 3 N–H and O–H groups in total. The van der Waals surface area contributed by atoms with Crippen molar-refractivity contribution in [2.45, 2.75) is 45.1 Å². The quantitative estimate of drug-likeness (QED) is 0.702. The van der Waals surface area contributed by atoms with E-state index in [9.17, 15) is 4.79 Å². The van der Waals surface area contributed by atoms with Crippen molar-refractivity contribution in [3.8, 4) is 0 Å². The van der Waals surface area contributed by atoms with Crippen LogP contribution in [0.5, 0.6) is 0 Å². The average Bonchev–Trinajstić information content (AvgIpc) is 2.08. The molecule has 0 amide bonds. The highest BCUT2D eigenvalue weighted by molar-refractivity contribution is 5.73. The number of carboxylic acid groups (broad SMARTS) is 1. The first-order valence-electron chi connectivity index (χ1n) is 5.09. The predicted octanol–water partition coefficient (Wildman–Crippen LogP) is 1.61. The van der Waals surface area contributed by atoms with Crippen LogP contribution in [-0.4, -0.2) is 17.1 Å². The third-order valence-electron chi connectivity index (χ3n) is 3.16. The molecule has 1 fully saturated rings. The van der Waals surface area contributed by atoms with Crippen LogP contribution in [-0.2, 0) is 4.79 Å².